The number of hydrogen-bond acceptors (Lipinski definition) is 3. The van der Waals surface area contributed by atoms with Crippen molar-refractivity contribution >= 4 is 55.6 Å². The van der Waals surface area contributed by atoms with Gasteiger partial charge in [-0.1, -0.05) is 62.4 Å². The number of carbonyl (C=O) groups is 2. The van der Waals surface area contributed by atoms with Crippen molar-refractivity contribution in [1.29, 1.82) is 0 Å². The number of rotatable bonds is 7. The fraction of sp³-hybridized carbons (Fsp3) is 0.238. The average molecular weight is 510 g/mol. The van der Waals surface area contributed by atoms with Crippen LogP contribution in [0, 0.1) is 5.92 Å². The van der Waals surface area contributed by atoms with Gasteiger partial charge in [0.2, 0.25) is 5.91 Å². The van der Waals surface area contributed by atoms with Crippen LogP contribution in [0.2, 0.25) is 0 Å². The van der Waals surface area contributed by atoms with Crippen LogP contribution in [0.3, 0.4) is 0 Å². The van der Waals surface area contributed by atoms with Crippen molar-refractivity contribution in [3.63, 3.8) is 0 Å². The lowest BCUT2D eigenvalue weighted by Crippen LogP contribution is -2.47. The highest BCUT2D eigenvalue weighted by molar-refractivity contribution is 9.28. The molecule has 0 saturated heterocycles. The van der Waals surface area contributed by atoms with Crippen LogP contribution in [0.5, 0.6) is 0 Å². The predicted molar refractivity (Wildman–Crippen MR) is 119 cm³/mol. The molecule has 2 rings (SSSR count). The molecule has 5 nitrogen and oxygen atoms in total. The Kier molecular flexibility index (Phi) is 8.73. The number of nitrogens with one attached hydrogen (secondary N) is 2. The second kappa shape index (κ2) is 11.0. The fourth-order valence-corrected chi connectivity index (χ4v) is 2.98. The van der Waals surface area contributed by atoms with Crippen molar-refractivity contribution in [2.45, 2.75) is 26.5 Å². The van der Waals surface area contributed by atoms with Crippen LogP contribution in [0.4, 0.5) is 10.5 Å². The molecule has 0 unspecified atom stereocenters. The van der Waals surface area contributed by atoms with Crippen LogP contribution in [0.15, 0.2) is 58.0 Å². The van der Waals surface area contributed by atoms with Crippen molar-refractivity contribution in [3.05, 3.63) is 69.1 Å². The number of ether oxygens (including phenoxy) is 1. The minimum absolute atomic E-state index is 0.116. The highest BCUT2D eigenvalue weighted by Gasteiger charge is 2.25. The van der Waals surface area contributed by atoms with Crippen LogP contribution >= 0.6 is 31.9 Å². The quantitative estimate of drug-likeness (QED) is 0.505. The van der Waals surface area contributed by atoms with Crippen LogP contribution in [0.25, 0.3) is 6.08 Å². The first-order valence-electron chi connectivity index (χ1n) is 8.76. The standard InChI is InChI=1S/C21H22Br2N2O3/c1-14(2)19(25-21(27)28-13-15-8-4-3-5-9-15)20(26)24-17-11-7-6-10-16(17)12-18(22)23/h3-12,14,19H,13H2,1-2H3,(H,24,26)(H,25,27)/t19-/m0/s1. The first-order chi connectivity index (χ1) is 13.4. The number of alkyl carbamates (subject to hydrolysis) is 1. The molecule has 0 bridgehead atoms. The van der Waals surface area contributed by atoms with E-state index in [-0.39, 0.29) is 18.4 Å². The third-order valence-corrected chi connectivity index (χ3v) is 4.38. The Morgan fingerprint density at radius 2 is 1.68 bits per heavy atom. The molecule has 1 atom stereocenters. The molecule has 28 heavy (non-hydrogen) atoms. The molecule has 2 aromatic carbocycles. The van der Waals surface area contributed by atoms with Gasteiger partial charge in [-0.3, -0.25) is 4.79 Å². The summed E-state index contributed by atoms with van der Waals surface area (Å²) in [6.07, 6.45) is 1.20. The van der Waals surface area contributed by atoms with Crippen LogP contribution < -0.4 is 10.6 Å². The third-order valence-electron chi connectivity index (χ3n) is 3.92. The molecule has 0 fully saturated rings. The van der Waals surface area contributed by atoms with Gasteiger partial charge >= 0.3 is 6.09 Å². The summed E-state index contributed by atoms with van der Waals surface area (Å²) in [5.74, 6) is -0.423. The molecule has 0 aromatic heterocycles. The van der Waals surface area contributed by atoms with E-state index < -0.39 is 12.1 Å². The van der Waals surface area contributed by atoms with Crippen molar-refractivity contribution in [1.82, 2.24) is 5.32 Å². The minimum atomic E-state index is -0.729. The summed E-state index contributed by atoms with van der Waals surface area (Å²) in [7, 11) is 0. The molecule has 0 saturated carbocycles. The number of anilines is 1. The van der Waals surface area contributed by atoms with Crippen molar-refractivity contribution in [3.8, 4) is 0 Å². The Balaban J connectivity index is 2.02. The number of halogens is 2. The van der Waals surface area contributed by atoms with Crippen molar-refractivity contribution < 1.29 is 14.3 Å². The van der Waals surface area contributed by atoms with Gasteiger partial charge in [0.15, 0.2) is 0 Å². The van der Waals surface area contributed by atoms with E-state index in [0.717, 1.165) is 14.5 Å². The molecule has 0 aliphatic carbocycles. The minimum Gasteiger partial charge on any atom is -0.445 e. The van der Waals surface area contributed by atoms with Gasteiger partial charge < -0.3 is 15.4 Å². The maximum absolute atomic E-state index is 12.8. The molecule has 0 radical (unpaired) electrons. The highest BCUT2D eigenvalue weighted by Crippen LogP contribution is 2.24. The molecular formula is C21H22Br2N2O3. The first-order valence-corrected chi connectivity index (χ1v) is 10.3. The Bertz CT molecular complexity index is 835. The van der Waals surface area contributed by atoms with Gasteiger partial charge in [-0.2, -0.15) is 0 Å². The Hall–Kier alpha value is -2.12. The molecule has 2 N–H and O–H groups in total. The van der Waals surface area contributed by atoms with Gasteiger partial charge in [0.05, 0.1) is 3.39 Å². The summed E-state index contributed by atoms with van der Waals surface area (Å²) in [4.78, 5) is 24.9. The topological polar surface area (TPSA) is 67.4 Å². The molecule has 148 valence electrons. The molecular weight excluding hydrogens is 488 g/mol. The number of amides is 2. The van der Waals surface area contributed by atoms with E-state index in [0.29, 0.717) is 5.69 Å². The molecule has 0 spiro atoms. The molecule has 0 aliphatic heterocycles. The second-order valence-electron chi connectivity index (χ2n) is 6.44. The van der Waals surface area contributed by atoms with E-state index in [4.69, 9.17) is 4.74 Å². The monoisotopic (exact) mass is 508 g/mol. The zero-order valence-corrected chi connectivity index (χ0v) is 18.8. The second-order valence-corrected chi connectivity index (χ2v) is 9.21. The summed E-state index contributed by atoms with van der Waals surface area (Å²) in [6, 6.07) is 16.0. The largest absolute Gasteiger partial charge is 0.445 e. The maximum atomic E-state index is 12.8. The van der Waals surface area contributed by atoms with Crippen LogP contribution in [-0.4, -0.2) is 18.0 Å². The number of benzene rings is 2. The highest BCUT2D eigenvalue weighted by atomic mass is 79.9. The van der Waals surface area contributed by atoms with E-state index >= 15 is 0 Å². The van der Waals surface area contributed by atoms with Gasteiger partial charge in [-0.05, 0) is 61.0 Å². The van der Waals surface area contributed by atoms with Gasteiger partial charge in [0.25, 0.3) is 0 Å². The summed E-state index contributed by atoms with van der Waals surface area (Å²) < 4.78 is 5.99. The Morgan fingerprint density at radius 3 is 2.32 bits per heavy atom. The maximum Gasteiger partial charge on any atom is 0.408 e. The van der Waals surface area contributed by atoms with Crippen LogP contribution in [-0.2, 0) is 16.1 Å². The van der Waals surface area contributed by atoms with Gasteiger partial charge in [-0.15, -0.1) is 0 Å². The lowest BCUT2D eigenvalue weighted by atomic mass is 10.0. The van der Waals surface area contributed by atoms with E-state index in [1.807, 2.05) is 68.5 Å². The van der Waals surface area contributed by atoms with Crippen molar-refractivity contribution in [2.24, 2.45) is 5.92 Å². The predicted octanol–water partition coefficient (Wildman–Crippen LogP) is 5.66. The van der Waals surface area contributed by atoms with Gasteiger partial charge in [-0.25, -0.2) is 4.79 Å². The average Bonchev–Trinajstić information content (AvgIpc) is 2.66. The van der Waals surface area contributed by atoms with Gasteiger partial charge in [0, 0.05) is 5.69 Å². The van der Waals surface area contributed by atoms with E-state index in [2.05, 4.69) is 42.5 Å². The van der Waals surface area contributed by atoms with E-state index in [1.54, 1.807) is 6.07 Å². The summed E-state index contributed by atoms with van der Waals surface area (Å²) in [5.41, 5.74) is 2.35. The fourth-order valence-electron chi connectivity index (χ4n) is 2.49. The first kappa shape index (κ1) is 22.2. The zero-order chi connectivity index (χ0) is 20.5. The number of carbonyl (C=O) groups excluding carboxylic acids is 2. The Labute approximate surface area is 181 Å². The molecule has 2 amide bonds. The van der Waals surface area contributed by atoms with Crippen LogP contribution in [0.1, 0.15) is 25.0 Å². The number of hydrogen-bond donors (Lipinski definition) is 2. The third kappa shape index (κ3) is 7.13. The Morgan fingerprint density at radius 1 is 1.04 bits per heavy atom. The smallest absolute Gasteiger partial charge is 0.408 e. The molecule has 0 heterocycles. The normalized spacial score (nSPS) is 11.5. The lowest BCUT2D eigenvalue weighted by molar-refractivity contribution is -0.119. The van der Waals surface area contributed by atoms with Gasteiger partial charge in [0.1, 0.15) is 12.6 Å². The van der Waals surface area contributed by atoms with Crippen molar-refractivity contribution in [2.75, 3.05) is 5.32 Å². The molecule has 2 aromatic rings. The summed E-state index contributed by atoms with van der Waals surface area (Å²) >= 11 is 6.65. The summed E-state index contributed by atoms with van der Waals surface area (Å²) in [5, 5.41) is 5.54. The number of para-hydroxylation sites is 1. The SMILES string of the molecule is CC(C)[C@H](NC(=O)OCc1ccccc1)C(=O)Nc1ccccc1C=C(Br)Br. The van der Waals surface area contributed by atoms with E-state index in [9.17, 15) is 9.59 Å². The zero-order valence-electron chi connectivity index (χ0n) is 15.6. The molecule has 7 heteroatoms. The molecule has 0 aliphatic rings. The lowest BCUT2D eigenvalue weighted by Gasteiger charge is -2.22. The van der Waals surface area contributed by atoms with E-state index in [1.165, 1.54) is 0 Å². The summed E-state index contributed by atoms with van der Waals surface area (Å²) in [6.45, 7) is 3.87.